The lowest BCUT2D eigenvalue weighted by atomic mass is 9.95. The van der Waals surface area contributed by atoms with Gasteiger partial charge in [-0.2, -0.15) is 0 Å². The number of aliphatic hydroxyl groups excluding tert-OH is 1. The van der Waals surface area contributed by atoms with Crippen molar-refractivity contribution in [1.29, 1.82) is 0 Å². The quantitative estimate of drug-likeness (QED) is 0.499. The molecular formula is C21H20FNO4. The van der Waals surface area contributed by atoms with Gasteiger partial charge in [-0.25, -0.2) is 4.39 Å². The van der Waals surface area contributed by atoms with Gasteiger partial charge in [-0.1, -0.05) is 42.0 Å². The number of hydrogen-bond acceptors (Lipinski definition) is 4. The van der Waals surface area contributed by atoms with Crippen molar-refractivity contribution in [3.05, 3.63) is 76.6 Å². The molecule has 0 aromatic heterocycles. The number of amides is 1. The van der Waals surface area contributed by atoms with Gasteiger partial charge in [-0.05, 0) is 24.6 Å². The number of carbonyl (C=O) groups is 2. The molecule has 1 atom stereocenters. The van der Waals surface area contributed by atoms with Crippen LogP contribution in [0.2, 0.25) is 0 Å². The molecule has 0 aliphatic carbocycles. The van der Waals surface area contributed by atoms with Crippen LogP contribution in [0, 0.1) is 12.7 Å². The van der Waals surface area contributed by atoms with Gasteiger partial charge >= 0.3 is 0 Å². The fourth-order valence-electron chi connectivity index (χ4n) is 3.16. The average Bonchev–Trinajstić information content (AvgIpc) is 2.91. The Labute approximate surface area is 156 Å². The summed E-state index contributed by atoms with van der Waals surface area (Å²) in [6.45, 7) is 2.31. The molecule has 2 aromatic rings. The zero-order chi connectivity index (χ0) is 19.6. The molecule has 27 heavy (non-hydrogen) atoms. The van der Waals surface area contributed by atoms with Gasteiger partial charge in [0.25, 0.3) is 11.7 Å². The standard InChI is InChI=1S/C21H20FNO4/c1-13-3-5-15(6-4-13)19(24)17-18(14-7-9-16(22)10-8-14)23(11-12-27-2)21(26)20(17)25/h3-10,18,24H,11-12H2,1-2H3. The zero-order valence-electron chi connectivity index (χ0n) is 15.1. The lowest BCUT2D eigenvalue weighted by Gasteiger charge is -2.25. The van der Waals surface area contributed by atoms with E-state index < -0.39 is 23.5 Å². The molecule has 3 rings (SSSR count). The van der Waals surface area contributed by atoms with Crippen molar-refractivity contribution >= 4 is 17.4 Å². The molecule has 1 unspecified atom stereocenters. The number of hydrogen-bond donors (Lipinski definition) is 1. The largest absolute Gasteiger partial charge is 0.507 e. The van der Waals surface area contributed by atoms with E-state index in [0.29, 0.717) is 11.1 Å². The molecule has 1 N–H and O–H groups in total. The fraction of sp³-hybridized carbons (Fsp3) is 0.238. The molecule has 6 heteroatoms. The van der Waals surface area contributed by atoms with Crippen LogP contribution in [0.1, 0.15) is 22.7 Å². The number of rotatable bonds is 5. The first kappa shape index (κ1) is 18.8. The third kappa shape index (κ3) is 3.61. The van der Waals surface area contributed by atoms with Gasteiger partial charge < -0.3 is 14.7 Å². The van der Waals surface area contributed by atoms with E-state index in [1.165, 1.54) is 36.3 Å². The van der Waals surface area contributed by atoms with E-state index >= 15 is 0 Å². The summed E-state index contributed by atoms with van der Waals surface area (Å²) in [5, 5.41) is 10.8. The van der Waals surface area contributed by atoms with Crippen LogP contribution in [0.5, 0.6) is 0 Å². The summed E-state index contributed by atoms with van der Waals surface area (Å²) in [5.41, 5.74) is 1.98. The molecule has 0 radical (unpaired) electrons. The molecule has 1 amide bonds. The Kier molecular flexibility index (Phi) is 5.37. The molecule has 0 saturated carbocycles. The Hall–Kier alpha value is -2.99. The molecule has 1 aliphatic rings. The van der Waals surface area contributed by atoms with E-state index in [4.69, 9.17) is 4.74 Å². The number of aryl methyl sites for hydroxylation is 1. The first-order valence-electron chi connectivity index (χ1n) is 8.54. The van der Waals surface area contributed by atoms with E-state index in [1.807, 2.05) is 19.1 Å². The lowest BCUT2D eigenvalue weighted by Crippen LogP contribution is -2.32. The number of nitrogens with zero attached hydrogens (tertiary/aromatic N) is 1. The SMILES string of the molecule is COCCN1C(=O)C(=O)C(=C(O)c2ccc(C)cc2)C1c1ccc(F)cc1. The molecule has 140 valence electrons. The minimum absolute atomic E-state index is 0.00781. The predicted octanol–water partition coefficient (Wildman–Crippen LogP) is 3.20. The molecule has 1 aliphatic heterocycles. The smallest absolute Gasteiger partial charge is 0.295 e. The van der Waals surface area contributed by atoms with Gasteiger partial charge in [0.2, 0.25) is 0 Å². The number of benzene rings is 2. The monoisotopic (exact) mass is 369 g/mol. The summed E-state index contributed by atoms with van der Waals surface area (Å²) < 4.78 is 18.4. The van der Waals surface area contributed by atoms with Crippen LogP contribution in [0.15, 0.2) is 54.1 Å². The maximum Gasteiger partial charge on any atom is 0.295 e. The second-order valence-electron chi connectivity index (χ2n) is 6.40. The number of carbonyl (C=O) groups excluding carboxylic acids is 2. The van der Waals surface area contributed by atoms with E-state index in [0.717, 1.165) is 5.56 Å². The Morgan fingerprint density at radius 2 is 1.74 bits per heavy atom. The molecule has 5 nitrogen and oxygen atoms in total. The van der Waals surface area contributed by atoms with Crippen LogP contribution in [0.3, 0.4) is 0 Å². The number of halogens is 1. The number of Topliss-reactive ketones (excluding diaryl/α,β-unsaturated/α-hetero) is 1. The Morgan fingerprint density at radius 1 is 1.11 bits per heavy atom. The van der Waals surface area contributed by atoms with Crippen molar-refractivity contribution < 1.29 is 23.8 Å². The summed E-state index contributed by atoms with van der Waals surface area (Å²) in [4.78, 5) is 26.6. The maximum atomic E-state index is 13.4. The number of likely N-dealkylation sites (tertiary alicyclic amines) is 1. The van der Waals surface area contributed by atoms with Crippen LogP contribution in [-0.2, 0) is 14.3 Å². The second-order valence-corrected chi connectivity index (χ2v) is 6.40. The first-order chi connectivity index (χ1) is 12.9. The van der Waals surface area contributed by atoms with Crippen molar-refractivity contribution in [2.75, 3.05) is 20.3 Å². The summed E-state index contributed by atoms with van der Waals surface area (Å²) in [6, 6.07) is 11.7. The van der Waals surface area contributed by atoms with Crippen LogP contribution in [-0.4, -0.2) is 42.0 Å². The van der Waals surface area contributed by atoms with E-state index in [2.05, 4.69) is 0 Å². The van der Waals surface area contributed by atoms with Gasteiger partial charge in [0.15, 0.2) is 0 Å². The molecule has 1 saturated heterocycles. The van der Waals surface area contributed by atoms with Crippen molar-refractivity contribution in [3.8, 4) is 0 Å². The molecule has 1 heterocycles. The van der Waals surface area contributed by atoms with Gasteiger partial charge in [-0.15, -0.1) is 0 Å². The number of methoxy groups -OCH3 is 1. The molecule has 0 spiro atoms. The summed E-state index contributed by atoms with van der Waals surface area (Å²) in [7, 11) is 1.50. The minimum Gasteiger partial charge on any atom is -0.507 e. The Morgan fingerprint density at radius 3 is 2.33 bits per heavy atom. The van der Waals surface area contributed by atoms with Gasteiger partial charge in [-0.3, -0.25) is 9.59 Å². The number of ether oxygens (including phenoxy) is 1. The Balaban J connectivity index is 2.14. The summed E-state index contributed by atoms with van der Waals surface area (Å²) in [6.07, 6.45) is 0. The maximum absolute atomic E-state index is 13.4. The van der Waals surface area contributed by atoms with Crippen LogP contribution in [0.4, 0.5) is 4.39 Å². The molecule has 2 aromatic carbocycles. The molecule has 1 fully saturated rings. The summed E-state index contributed by atoms with van der Waals surface area (Å²) >= 11 is 0. The highest BCUT2D eigenvalue weighted by Crippen LogP contribution is 2.39. The van der Waals surface area contributed by atoms with Crippen molar-refractivity contribution in [2.24, 2.45) is 0 Å². The van der Waals surface area contributed by atoms with Crippen LogP contribution in [0.25, 0.3) is 5.76 Å². The van der Waals surface area contributed by atoms with E-state index in [9.17, 15) is 19.1 Å². The van der Waals surface area contributed by atoms with Crippen molar-refractivity contribution in [3.63, 3.8) is 0 Å². The van der Waals surface area contributed by atoms with Crippen molar-refractivity contribution in [1.82, 2.24) is 4.90 Å². The van der Waals surface area contributed by atoms with E-state index in [1.54, 1.807) is 12.1 Å². The summed E-state index contributed by atoms with van der Waals surface area (Å²) in [5.74, 6) is -2.15. The zero-order valence-corrected chi connectivity index (χ0v) is 15.1. The minimum atomic E-state index is -0.804. The highest BCUT2D eigenvalue weighted by atomic mass is 19.1. The van der Waals surface area contributed by atoms with E-state index in [-0.39, 0.29) is 24.5 Å². The van der Waals surface area contributed by atoms with Gasteiger partial charge in [0, 0.05) is 19.2 Å². The normalized spacial score (nSPS) is 18.9. The topological polar surface area (TPSA) is 66.8 Å². The van der Waals surface area contributed by atoms with Crippen molar-refractivity contribution in [2.45, 2.75) is 13.0 Å². The fourth-order valence-corrected chi connectivity index (χ4v) is 3.16. The third-order valence-electron chi connectivity index (χ3n) is 4.59. The first-order valence-corrected chi connectivity index (χ1v) is 8.54. The Bertz CT molecular complexity index is 887. The predicted molar refractivity (Wildman–Crippen MR) is 98.5 cm³/mol. The third-order valence-corrected chi connectivity index (χ3v) is 4.59. The van der Waals surface area contributed by atoms with Gasteiger partial charge in [0.1, 0.15) is 11.6 Å². The highest BCUT2D eigenvalue weighted by Gasteiger charge is 2.45. The van der Waals surface area contributed by atoms with Gasteiger partial charge in [0.05, 0.1) is 18.2 Å². The highest BCUT2D eigenvalue weighted by molar-refractivity contribution is 6.46. The van der Waals surface area contributed by atoms with Crippen LogP contribution >= 0.6 is 0 Å². The molecular weight excluding hydrogens is 349 g/mol. The van der Waals surface area contributed by atoms with Crippen LogP contribution < -0.4 is 0 Å². The second kappa shape index (κ2) is 7.72. The number of aliphatic hydroxyl groups is 1. The lowest BCUT2D eigenvalue weighted by molar-refractivity contribution is -0.140. The number of ketones is 1. The average molecular weight is 369 g/mol. The molecule has 0 bridgehead atoms.